The lowest BCUT2D eigenvalue weighted by Gasteiger charge is -2.21. The van der Waals surface area contributed by atoms with Crippen molar-refractivity contribution in [2.45, 2.75) is 26.3 Å². The van der Waals surface area contributed by atoms with E-state index >= 15 is 0 Å². The van der Waals surface area contributed by atoms with Gasteiger partial charge in [0.2, 0.25) is 0 Å². The maximum atomic E-state index is 12.3. The van der Waals surface area contributed by atoms with Crippen LogP contribution in [0.15, 0.2) is 54.6 Å². The van der Waals surface area contributed by atoms with Gasteiger partial charge < -0.3 is 10.1 Å². The topological polar surface area (TPSA) is 81.5 Å². The SMILES string of the molecule is CC(C)CC(NC(=O)COc1ccccc1[N+](=O)[O-])c1ccccc1. The zero-order valence-electron chi connectivity index (χ0n) is 14.3. The minimum absolute atomic E-state index is 0.0859. The summed E-state index contributed by atoms with van der Waals surface area (Å²) in [4.78, 5) is 22.7. The highest BCUT2D eigenvalue weighted by Gasteiger charge is 2.18. The summed E-state index contributed by atoms with van der Waals surface area (Å²) in [6, 6.07) is 15.6. The van der Waals surface area contributed by atoms with Gasteiger partial charge in [-0.15, -0.1) is 0 Å². The number of nitro groups is 1. The standard InChI is InChI=1S/C19H22N2O4/c1-14(2)12-16(15-8-4-3-5-9-15)20-19(22)13-25-18-11-7-6-10-17(18)21(23)24/h3-11,14,16H,12-13H2,1-2H3,(H,20,22). The van der Waals surface area contributed by atoms with Crippen LogP contribution in [0.2, 0.25) is 0 Å². The number of rotatable bonds is 8. The lowest BCUT2D eigenvalue weighted by molar-refractivity contribution is -0.385. The molecule has 1 unspecified atom stereocenters. The van der Waals surface area contributed by atoms with E-state index in [0.717, 1.165) is 12.0 Å². The van der Waals surface area contributed by atoms with Gasteiger partial charge in [-0.3, -0.25) is 14.9 Å². The van der Waals surface area contributed by atoms with E-state index in [4.69, 9.17) is 4.74 Å². The Morgan fingerprint density at radius 3 is 2.40 bits per heavy atom. The predicted octanol–water partition coefficient (Wildman–Crippen LogP) is 3.88. The van der Waals surface area contributed by atoms with Gasteiger partial charge in [-0.25, -0.2) is 0 Å². The minimum Gasteiger partial charge on any atom is -0.477 e. The van der Waals surface area contributed by atoms with E-state index in [9.17, 15) is 14.9 Å². The average Bonchev–Trinajstić information content (AvgIpc) is 2.60. The highest BCUT2D eigenvalue weighted by molar-refractivity contribution is 5.78. The van der Waals surface area contributed by atoms with E-state index in [1.54, 1.807) is 12.1 Å². The van der Waals surface area contributed by atoms with Gasteiger partial charge >= 0.3 is 5.69 Å². The van der Waals surface area contributed by atoms with Crippen LogP contribution in [0.3, 0.4) is 0 Å². The van der Waals surface area contributed by atoms with Crippen molar-refractivity contribution in [3.05, 3.63) is 70.3 Å². The smallest absolute Gasteiger partial charge is 0.310 e. The number of ether oxygens (including phenoxy) is 1. The lowest BCUT2D eigenvalue weighted by Crippen LogP contribution is -2.33. The van der Waals surface area contributed by atoms with Crippen LogP contribution in [-0.4, -0.2) is 17.4 Å². The Hall–Kier alpha value is -2.89. The van der Waals surface area contributed by atoms with Gasteiger partial charge in [-0.05, 0) is 24.0 Å². The summed E-state index contributed by atoms with van der Waals surface area (Å²) in [6.07, 6.45) is 0.793. The molecule has 2 rings (SSSR count). The number of hydrogen-bond donors (Lipinski definition) is 1. The number of carbonyl (C=O) groups excluding carboxylic acids is 1. The molecule has 0 spiro atoms. The molecule has 1 amide bonds. The predicted molar refractivity (Wildman–Crippen MR) is 95.4 cm³/mol. The number of para-hydroxylation sites is 2. The summed E-state index contributed by atoms with van der Waals surface area (Å²) in [5, 5.41) is 13.9. The van der Waals surface area contributed by atoms with Gasteiger partial charge in [0.05, 0.1) is 11.0 Å². The normalized spacial score (nSPS) is 11.8. The van der Waals surface area contributed by atoms with Gasteiger partial charge in [0.1, 0.15) is 0 Å². The van der Waals surface area contributed by atoms with Crippen LogP contribution in [0.1, 0.15) is 31.9 Å². The first-order valence-corrected chi connectivity index (χ1v) is 8.18. The van der Waals surface area contributed by atoms with Gasteiger partial charge in [0.25, 0.3) is 5.91 Å². The quantitative estimate of drug-likeness (QED) is 0.583. The van der Waals surface area contributed by atoms with Crippen molar-refractivity contribution in [2.75, 3.05) is 6.61 Å². The Morgan fingerprint density at radius 2 is 1.76 bits per heavy atom. The summed E-state index contributed by atoms with van der Waals surface area (Å²) in [5.74, 6) is 0.178. The van der Waals surface area contributed by atoms with E-state index in [1.165, 1.54) is 12.1 Å². The largest absolute Gasteiger partial charge is 0.477 e. The zero-order valence-corrected chi connectivity index (χ0v) is 14.3. The highest BCUT2D eigenvalue weighted by atomic mass is 16.6. The van der Waals surface area contributed by atoms with Crippen LogP contribution in [0, 0.1) is 16.0 Å². The number of amides is 1. The fourth-order valence-corrected chi connectivity index (χ4v) is 2.54. The molecule has 0 aliphatic heterocycles. The molecule has 0 fully saturated rings. The van der Waals surface area contributed by atoms with Crippen LogP contribution in [-0.2, 0) is 4.79 Å². The monoisotopic (exact) mass is 342 g/mol. The molecule has 0 heterocycles. The Labute approximate surface area is 147 Å². The highest BCUT2D eigenvalue weighted by Crippen LogP contribution is 2.26. The molecular formula is C19H22N2O4. The molecule has 0 radical (unpaired) electrons. The average molecular weight is 342 g/mol. The summed E-state index contributed by atoms with van der Waals surface area (Å²) in [5.41, 5.74) is 0.868. The molecule has 6 heteroatoms. The molecule has 1 N–H and O–H groups in total. The zero-order chi connectivity index (χ0) is 18.2. The second-order valence-corrected chi connectivity index (χ2v) is 6.17. The first-order chi connectivity index (χ1) is 12.0. The number of nitrogens with zero attached hydrogens (tertiary/aromatic N) is 1. The van der Waals surface area contributed by atoms with Crippen molar-refractivity contribution < 1.29 is 14.5 Å². The number of nitrogens with one attached hydrogen (secondary N) is 1. The summed E-state index contributed by atoms with van der Waals surface area (Å²) in [7, 11) is 0. The van der Waals surface area contributed by atoms with Crippen LogP contribution in [0.4, 0.5) is 5.69 Å². The Kier molecular flexibility index (Phi) is 6.51. The van der Waals surface area contributed by atoms with Crippen LogP contribution >= 0.6 is 0 Å². The summed E-state index contributed by atoms with van der Waals surface area (Å²) in [6.45, 7) is 3.91. The third kappa shape index (κ3) is 5.60. The second-order valence-electron chi connectivity index (χ2n) is 6.17. The van der Waals surface area contributed by atoms with Crippen molar-refractivity contribution in [1.82, 2.24) is 5.32 Å². The van der Waals surface area contributed by atoms with Crippen molar-refractivity contribution in [2.24, 2.45) is 5.92 Å². The van der Waals surface area contributed by atoms with Crippen molar-refractivity contribution in [1.29, 1.82) is 0 Å². The first kappa shape index (κ1) is 18.4. The third-order valence-electron chi connectivity index (χ3n) is 3.66. The van der Waals surface area contributed by atoms with Gasteiger partial charge in [0, 0.05) is 6.07 Å². The minimum atomic E-state index is -0.529. The third-order valence-corrected chi connectivity index (χ3v) is 3.66. The molecule has 0 aromatic heterocycles. The summed E-state index contributed by atoms with van der Waals surface area (Å²) < 4.78 is 5.35. The number of nitro benzene ring substituents is 1. The Bertz CT molecular complexity index is 716. The van der Waals surface area contributed by atoms with Gasteiger partial charge in [-0.2, -0.15) is 0 Å². The van der Waals surface area contributed by atoms with E-state index < -0.39 is 4.92 Å². The molecular weight excluding hydrogens is 320 g/mol. The molecule has 0 bridgehead atoms. The van der Waals surface area contributed by atoms with E-state index in [0.29, 0.717) is 5.92 Å². The molecule has 0 aliphatic rings. The Morgan fingerprint density at radius 1 is 1.12 bits per heavy atom. The number of benzene rings is 2. The molecule has 2 aromatic rings. The van der Waals surface area contributed by atoms with E-state index in [-0.39, 0.29) is 30.0 Å². The van der Waals surface area contributed by atoms with Crippen molar-refractivity contribution >= 4 is 11.6 Å². The van der Waals surface area contributed by atoms with Crippen LogP contribution < -0.4 is 10.1 Å². The van der Waals surface area contributed by atoms with Gasteiger partial charge in [0.15, 0.2) is 12.4 Å². The molecule has 25 heavy (non-hydrogen) atoms. The van der Waals surface area contributed by atoms with Gasteiger partial charge in [-0.1, -0.05) is 56.3 Å². The molecule has 0 aliphatic carbocycles. The Balaban J connectivity index is 2.01. The number of hydrogen-bond acceptors (Lipinski definition) is 4. The van der Waals surface area contributed by atoms with E-state index in [2.05, 4.69) is 19.2 Å². The summed E-state index contributed by atoms with van der Waals surface area (Å²) >= 11 is 0. The maximum absolute atomic E-state index is 12.3. The molecule has 0 saturated heterocycles. The van der Waals surface area contributed by atoms with Crippen LogP contribution in [0.25, 0.3) is 0 Å². The fraction of sp³-hybridized carbons (Fsp3) is 0.316. The molecule has 1 atom stereocenters. The van der Waals surface area contributed by atoms with E-state index in [1.807, 2.05) is 30.3 Å². The number of carbonyl (C=O) groups is 1. The second kappa shape index (κ2) is 8.82. The van der Waals surface area contributed by atoms with Crippen molar-refractivity contribution in [3.63, 3.8) is 0 Å². The van der Waals surface area contributed by atoms with Crippen LogP contribution in [0.5, 0.6) is 5.75 Å². The maximum Gasteiger partial charge on any atom is 0.310 e. The molecule has 2 aromatic carbocycles. The van der Waals surface area contributed by atoms with Crippen molar-refractivity contribution in [3.8, 4) is 5.75 Å². The molecule has 0 saturated carbocycles. The molecule has 6 nitrogen and oxygen atoms in total. The first-order valence-electron chi connectivity index (χ1n) is 8.18. The molecule has 132 valence electrons. The fourth-order valence-electron chi connectivity index (χ4n) is 2.54. The lowest BCUT2D eigenvalue weighted by atomic mass is 9.97.